The SMILES string of the molecule is Cc1cc(=O)[nH]c(SCCOc2ccccc2N)n1. The second-order valence-electron chi connectivity index (χ2n) is 3.93. The summed E-state index contributed by atoms with van der Waals surface area (Å²) in [5, 5.41) is 0.606. The second kappa shape index (κ2) is 6.29. The number of nitrogens with two attached hydrogens (primary N) is 1. The first-order valence-corrected chi connectivity index (χ1v) is 6.82. The molecule has 0 aliphatic heterocycles. The molecule has 100 valence electrons. The highest BCUT2D eigenvalue weighted by molar-refractivity contribution is 7.99. The van der Waals surface area contributed by atoms with Crippen LogP contribution < -0.4 is 16.0 Å². The molecule has 0 aliphatic carbocycles. The first-order chi connectivity index (χ1) is 9.15. The number of para-hydroxylation sites is 2. The quantitative estimate of drug-likeness (QED) is 0.377. The van der Waals surface area contributed by atoms with Crippen LogP contribution in [0.4, 0.5) is 5.69 Å². The molecule has 1 aromatic heterocycles. The third-order valence-corrected chi connectivity index (χ3v) is 3.18. The van der Waals surface area contributed by atoms with Crippen molar-refractivity contribution >= 4 is 17.4 Å². The van der Waals surface area contributed by atoms with Gasteiger partial charge in [-0.1, -0.05) is 23.9 Å². The van der Waals surface area contributed by atoms with E-state index in [0.29, 0.717) is 34.6 Å². The molecule has 0 bridgehead atoms. The zero-order chi connectivity index (χ0) is 13.7. The van der Waals surface area contributed by atoms with Gasteiger partial charge in [0.15, 0.2) is 5.16 Å². The fourth-order valence-electron chi connectivity index (χ4n) is 1.52. The molecule has 0 aliphatic rings. The number of nitrogen functional groups attached to an aromatic ring is 1. The van der Waals surface area contributed by atoms with Gasteiger partial charge in [-0.2, -0.15) is 0 Å². The second-order valence-corrected chi connectivity index (χ2v) is 5.01. The molecule has 1 heterocycles. The Labute approximate surface area is 115 Å². The van der Waals surface area contributed by atoms with E-state index in [2.05, 4.69) is 9.97 Å². The molecule has 0 amide bonds. The number of aromatic amines is 1. The van der Waals surface area contributed by atoms with E-state index in [4.69, 9.17) is 10.5 Å². The summed E-state index contributed by atoms with van der Waals surface area (Å²) in [6.07, 6.45) is 0. The van der Waals surface area contributed by atoms with Gasteiger partial charge in [0.25, 0.3) is 5.56 Å². The number of hydrogen-bond donors (Lipinski definition) is 2. The van der Waals surface area contributed by atoms with Crippen LogP contribution in [0.2, 0.25) is 0 Å². The largest absolute Gasteiger partial charge is 0.491 e. The molecule has 3 N–H and O–H groups in total. The normalized spacial score (nSPS) is 10.4. The van der Waals surface area contributed by atoms with Crippen LogP contribution in [0.1, 0.15) is 5.69 Å². The molecular weight excluding hydrogens is 262 g/mol. The minimum Gasteiger partial charge on any atom is -0.491 e. The number of ether oxygens (including phenoxy) is 1. The van der Waals surface area contributed by atoms with Gasteiger partial charge in [-0.05, 0) is 19.1 Å². The van der Waals surface area contributed by atoms with E-state index in [1.54, 1.807) is 13.0 Å². The first-order valence-electron chi connectivity index (χ1n) is 5.83. The van der Waals surface area contributed by atoms with Crippen molar-refractivity contribution in [1.82, 2.24) is 9.97 Å². The Kier molecular flexibility index (Phi) is 4.46. The van der Waals surface area contributed by atoms with Crippen molar-refractivity contribution < 1.29 is 4.74 Å². The average Bonchev–Trinajstić information content (AvgIpc) is 2.35. The van der Waals surface area contributed by atoms with Crippen LogP contribution in [0.15, 0.2) is 40.3 Å². The third-order valence-electron chi connectivity index (χ3n) is 2.35. The lowest BCUT2D eigenvalue weighted by atomic mass is 10.3. The number of aryl methyl sites for hydroxylation is 1. The Hall–Kier alpha value is -1.95. The van der Waals surface area contributed by atoms with E-state index >= 15 is 0 Å². The van der Waals surface area contributed by atoms with Gasteiger partial charge in [0.2, 0.25) is 0 Å². The van der Waals surface area contributed by atoms with Crippen LogP contribution in [-0.2, 0) is 0 Å². The summed E-state index contributed by atoms with van der Waals surface area (Å²) in [7, 11) is 0. The molecule has 0 saturated heterocycles. The minimum absolute atomic E-state index is 0.136. The molecule has 0 fully saturated rings. The van der Waals surface area contributed by atoms with Crippen molar-refractivity contribution in [3.8, 4) is 5.75 Å². The van der Waals surface area contributed by atoms with Crippen molar-refractivity contribution in [2.45, 2.75) is 12.1 Å². The van der Waals surface area contributed by atoms with E-state index in [0.717, 1.165) is 0 Å². The molecular formula is C13H15N3O2S. The van der Waals surface area contributed by atoms with Gasteiger partial charge in [0.05, 0.1) is 12.3 Å². The number of hydrogen-bond acceptors (Lipinski definition) is 5. The molecule has 5 nitrogen and oxygen atoms in total. The van der Waals surface area contributed by atoms with Crippen LogP contribution in [0, 0.1) is 6.92 Å². The van der Waals surface area contributed by atoms with E-state index in [-0.39, 0.29) is 5.56 Å². The van der Waals surface area contributed by atoms with Crippen molar-refractivity contribution in [3.05, 3.63) is 46.4 Å². The van der Waals surface area contributed by atoms with E-state index in [9.17, 15) is 4.79 Å². The Morgan fingerprint density at radius 3 is 2.95 bits per heavy atom. The molecule has 1 aromatic carbocycles. The zero-order valence-electron chi connectivity index (χ0n) is 10.6. The Morgan fingerprint density at radius 1 is 1.42 bits per heavy atom. The number of anilines is 1. The zero-order valence-corrected chi connectivity index (χ0v) is 11.4. The molecule has 19 heavy (non-hydrogen) atoms. The molecule has 0 saturated carbocycles. The molecule has 0 radical (unpaired) electrons. The topological polar surface area (TPSA) is 81.0 Å². The predicted molar refractivity (Wildman–Crippen MR) is 76.7 cm³/mol. The highest BCUT2D eigenvalue weighted by Crippen LogP contribution is 2.20. The van der Waals surface area contributed by atoms with E-state index in [1.807, 2.05) is 18.2 Å². The summed E-state index contributed by atoms with van der Waals surface area (Å²) >= 11 is 1.44. The third kappa shape index (κ3) is 4.03. The highest BCUT2D eigenvalue weighted by Gasteiger charge is 2.01. The lowest BCUT2D eigenvalue weighted by molar-refractivity contribution is 0.345. The predicted octanol–water partition coefficient (Wildman–Crippen LogP) is 1.83. The maximum Gasteiger partial charge on any atom is 0.251 e. The summed E-state index contributed by atoms with van der Waals surface area (Å²) in [5.41, 5.74) is 6.95. The average molecular weight is 277 g/mol. The van der Waals surface area contributed by atoms with Crippen molar-refractivity contribution in [2.75, 3.05) is 18.1 Å². The number of rotatable bonds is 5. The fourth-order valence-corrected chi connectivity index (χ4v) is 2.26. The Balaban J connectivity index is 1.84. The number of nitrogens with one attached hydrogen (secondary N) is 1. The van der Waals surface area contributed by atoms with Gasteiger partial charge in [0, 0.05) is 17.5 Å². The summed E-state index contributed by atoms with van der Waals surface area (Å²) in [4.78, 5) is 18.2. The van der Waals surface area contributed by atoms with Gasteiger partial charge in [-0.25, -0.2) is 4.98 Å². The number of aromatic nitrogens is 2. The van der Waals surface area contributed by atoms with Gasteiger partial charge in [0.1, 0.15) is 5.75 Å². The van der Waals surface area contributed by atoms with Crippen molar-refractivity contribution in [3.63, 3.8) is 0 Å². The Morgan fingerprint density at radius 2 is 2.21 bits per heavy atom. The molecule has 6 heteroatoms. The smallest absolute Gasteiger partial charge is 0.251 e. The van der Waals surface area contributed by atoms with Crippen molar-refractivity contribution in [1.29, 1.82) is 0 Å². The molecule has 2 aromatic rings. The molecule has 0 unspecified atom stereocenters. The van der Waals surface area contributed by atoms with Crippen LogP contribution >= 0.6 is 11.8 Å². The summed E-state index contributed by atoms with van der Waals surface area (Å²) in [5.74, 6) is 1.36. The van der Waals surface area contributed by atoms with Gasteiger partial charge in [-0.15, -0.1) is 0 Å². The van der Waals surface area contributed by atoms with Gasteiger partial charge >= 0.3 is 0 Å². The van der Waals surface area contributed by atoms with E-state index in [1.165, 1.54) is 17.8 Å². The number of nitrogens with zero attached hydrogens (tertiary/aromatic N) is 1. The first kappa shape index (κ1) is 13.5. The Bertz CT molecular complexity index is 613. The van der Waals surface area contributed by atoms with Gasteiger partial charge < -0.3 is 15.5 Å². The standard InChI is InChI=1S/C13H15N3O2S/c1-9-8-12(17)16-13(15-9)19-7-6-18-11-5-3-2-4-10(11)14/h2-5,8H,6-7,14H2,1H3,(H,15,16,17). The van der Waals surface area contributed by atoms with Gasteiger partial charge in [-0.3, -0.25) is 4.79 Å². The van der Waals surface area contributed by atoms with Crippen LogP contribution in [0.3, 0.4) is 0 Å². The van der Waals surface area contributed by atoms with Crippen LogP contribution in [-0.4, -0.2) is 22.3 Å². The lowest BCUT2D eigenvalue weighted by Gasteiger charge is -2.07. The molecule has 0 atom stereocenters. The summed E-state index contributed by atoms with van der Waals surface area (Å²) in [6, 6.07) is 8.82. The summed E-state index contributed by atoms with van der Waals surface area (Å²) in [6.45, 7) is 2.29. The summed E-state index contributed by atoms with van der Waals surface area (Å²) < 4.78 is 5.55. The maximum absolute atomic E-state index is 11.3. The minimum atomic E-state index is -0.136. The van der Waals surface area contributed by atoms with Crippen LogP contribution in [0.25, 0.3) is 0 Å². The number of thioether (sulfide) groups is 1. The fraction of sp³-hybridized carbons (Fsp3) is 0.231. The maximum atomic E-state index is 11.3. The molecule has 0 spiro atoms. The lowest BCUT2D eigenvalue weighted by Crippen LogP contribution is -2.09. The molecule has 2 rings (SSSR count). The highest BCUT2D eigenvalue weighted by atomic mass is 32.2. The van der Waals surface area contributed by atoms with E-state index < -0.39 is 0 Å². The van der Waals surface area contributed by atoms with Crippen LogP contribution in [0.5, 0.6) is 5.75 Å². The number of benzene rings is 1. The van der Waals surface area contributed by atoms with Crippen molar-refractivity contribution in [2.24, 2.45) is 0 Å². The monoisotopic (exact) mass is 277 g/mol. The number of H-pyrrole nitrogens is 1.